The van der Waals surface area contributed by atoms with Gasteiger partial charge in [0.25, 0.3) is 5.91 Å². The van der Waals surface area contributed by atoms with Gasteiger partial charge in [-0.3, -0.25) is 19.6 Å². The van der Waals surface area contributed by atoms with E-state index in [9.17, 15) is 4.79 Å². The molecule has 0 bridgehead atoms. The number of allylic oxidation sites excluding steroid dienone is 3. The van der Waals surface area contributed by atoms with Gasteiger partial charge in [-0.1, -0.05) is 58.4 Å². The van der Waals surface area contributed by atoms with E-state index in [1.54, 1.807) is 0 Å². The molecule has 0 N–H and O–H groups in total. The summed E-state index contributed by atoms with van der Waals surface area (Å²) in [6.07, 6.45) is 9.83. The topological polar surface area (TPSA) is 39.2 Å². The Bertz CT molecular complexity index is 932. The molecule has 28 heavy (non-hydrogen) atoms. The molecule has 0 saturated heterocycles. The lowest BCUT2D eigenvalue weighted by Crippen LogP contribution is -2.49. The van der Waals surface area contributed by atoms with Gasteiger partial charge in [-0.25, -0.2) is 0 Å². The van der Waals surface area contributed by atoms with Crippen LogP contribution in [0, 0.1) is 5.92 Å². The monoisotopic (exact) mass is 438 g/mol. The van der Waals surface area contributed by atoms with Crippen molar-refractivity contribution in [1.82, 2.24) is 14.7 Å². The minimum Gasteiger partial charge on any atom is -0.312 e. The average Bonchev–Trinajstić information content (AvgIpc) is 3.34. The number of aliphatic imine (C=N–C) groups is 1. The van der Waals surface area contributed by atoms with Crippen LogP contribution >= 0.6 is 15.9 Å². The summed E-state index contributed by atoms with van der Waals surface area (Å²) in [6.45, 7) is 4.74. The summed E-state index contributed by atoms with van der Waals surface area (Å²) in [5, 5.41) is 0. The predicted octanol–water partition coefficient (Wildman–Crippen LogP) is 3.16. The number of fused-ring (bicyclic) bond motifs is 2. The van der Waals surface area contributed by atoms with Crippen LogP contribution in [0.5, 0.6) is 0 Å². The van der Waals surface area contributed by atoms with Crippen LogP contribution in [0.2, 0.25) is 0 Å². The molecule has 4 aliphatic rings. The quantitative estimate of drug-likeness (QED) is 0.724. The molecule has 1 atom stereocenters. The summed E-state index contributed by atoms with van der Waals surface area (Å²) in [5.41, 5.74) is 3.21. The maximum absolute atomic E-state index is 13.4. The van der Waals surface area contributed by atoms with Gasteiger partial charge in [0.2, 0.25) is 5.96 Å². The Morgan fingerprint density at radius 1 is 1.18 bits per heavy atom. The smallest absolute Gasteiger partial charge is 0.259 e. The van der Waals surface area contributed by atoms with Crippen LogP contribution in [0.3, 0.4) is 0 Å². The van der Waals surface area contributed by atoms with Crippen LogP contribution in [0.1, 0.15) is 12.0 Å². The molecule has 3 heterocycles. The van der Waals surface area contributed by atoms with Crippen LogP contribution in [-0.4, -0.2) is 59.3 Å². The maximum Gasteiger partial charge on any atom is 0.259 e. The van der Waals surface area contributed by atoms with Crippen LogP contribution in [-0.2, 0) is 11.3 Å². The maximum atomic E-state index is 13.4. The number of benzene rings is 1. The average molecular weight is 439 g/mol. The van der Waals surface area contributed by atoms with Gasteiger partial charge in [-0.05, 0) is 24.0 Å². The first-order valence-electron chi connectivity index (χ1n) is 9.85. The van der Waals surface area contributed by atoms with Crippen molar-refractivity contribution in [3.63, 3.8) is 0 Å². The molecular formula is C22H23BrN4O. The molecule has 1 unspecified atom stereocenters. The third kappa shape index (κ3) is 3.14. The lowest BCUT2D eigenvalue weighted by molar-refractivity contribution is -0.125. The molecule has 0 radical (unpaired) electrons. The van der Waals surface area contributed by atoms with E-state index in [-0.39, 0.29) is 5.91 Å². The Balaban J connectivity index is 1.37. The SMILES string of the molecule is O=C1C2=C(CN(CC3C=CC=CC3)C2)N2CCN=C2N1Cc1ccccc1Br. The molecule has 0 fully saturated rings. The number of hydrogen-bond donors (Lipinski definition) is 0. The van der Waals surface area contributed by atoms with E-state index in [4.69, 9.17) is 0 Å². The van der Waals surface area contributed by atoms with Crippen molar-refractivity contribution in [3.8, 4) is 0 Å². The zero-order valence-corrected chi connectivity index (χ0v) is 17.3. The standard InChI is InChI=1S/C22H23BrN4O/c23-19-9-5-4-8-17(19)13-27-21(28)18-14-25(12-16-6-2-1-3-7-16)15-20(18)26-11-10-24-22(26)27/h1-6,8-9,16H,7,10-15H2. The van der Waals surface area contributed by atoms with Gasteiger partial charge in [-0.15, -0.1) is 0 Å². The van der Waals surface area contributed by atoms with Gasteiger partial charge in [0, 0.05) is 36.3 Å². The Labute approximate surface area is 173 Å². The molecule has 5 rings (SSSR count). The van der Waals surface area contributed by atoms with Crippen LogP contribution in [0.15, 0.2) is 69.3 Å². The van der Waals surface area contributed by atoms with Crippen molar-refractivity contribution >= 4 is 27.8 Å². The second-order valence-electron chi connectivity index (χ2n) is 7.72. The zero-order valence-electron chi connectivity index (χ0n) is 15.7. The fourth-order valence-corrected chi connectivity index (χ4v) is 4.87. The first kappa shape index (κ1) is 17.9. The highest BCUT2D eigenvalue weighted by atomic mass is 79.9. The summed E-state index contributed by atoms with van der Waals surface area (Å²) in [7, 11) is 0. The molecule has 1 aromatic rings. The number of halogens is 1. The van der Waals surface area contributed by atoms with E-state index in [2.05, 4.69) is 61.1 Å². The van der Waals surface area contributed by atoms with Gasteiger partial charge in [-0.2, -0.15) is 0 Å². The van der Waals surface area contributed by atoms with Crippen molar-refractivity contribution < 1.29 is 4.79 Å². The highest BCUT2D eigenvalue weighted by Gasteiger charge is 2.43. The zero-order chi connectivity index (χ0) is 19.1. The highest BCUT2D eigenvalue weighted by molar-refractivity contribution is 9.10. The van der Waals surface area contributed by atoms with Crippen LogP contribution in [0.25, 0.3) is 0 Å². The Kier molecular flexibility index (Phi) is 4.69. The molecule has 0 saturated carbocycles. The molecule has 1 amide bonds. The lowest BCUT2D eigenvalue weighted by Gasteiger charge is -2.35. The van der Waals surface area contributed by atoms with Gasteiger partial charge in [0.05, 0.1) is 18.7 Å². The number of carbonyl (C=O) groups excluding carboxylic acids is 1. The Morgan fingerprint density at radius 3 is 2.89 bits per heavy atom. The van der Waals surface area contributed by atoms with Crippen molar-refractivity contribution in [2.75, 3.05) is 32.7 Å². The highest BCUT2D eigenvalue weighted by Crippen LogP contribution is 2.33. The minimum atomic E-state index is 0.115. The molecule has 5 nitrogen and oxygen atoms in total. The van der Waals surface area contributed by atoms with E-state index in [0.717, 1.165) is 60.7 Å². The number of hydrogen-bond acceptors (Lipinski definition) is 4. The number of carbonyl (C=O) groups is 1. The number of guanidine groups is 1. The largest absolute Gasteiger partial charge is 0.312 e. The minimum absolute atomic E-state index is 0.115. The Hall–Kier alpha value is -2.18. The number of nitrogens with zero attached hydrogens (tertiary/aromatic N) is 4. The second kappa shape index (κ2) is 7.33. The number of amides is 1. The van der Waals surface area contributed by atoms with Crippen molar-refractivity contribution in [2.45, 2.75) is 13.0 Å². The van der Waals surface area contributed by atoms with Gasteiger partial charge in [0.15, 0.2) is 0 Å². The van der Waals surface area contributed by atoms with Gasteiger partial charge < -0.3 is 4.90 Å². The molecule has 3 aliphatic heterocycles. The van der Waals surface area contributed by atoms with Crippen LogP contribution < -0.4 is 0 Å². The normalized spacial score (nSPS) is 24.1. The van der Waals surface area contributed by atoms with Crippen molar-refractivity contribution in [2.24, 2.45) is 10.9 Å². The van der Waals surface area contributed by atoms with E-state index in [1.807, 2.05) is 23.1 Å². The number of rotatable bonds is 4. The van der Waals surface area contributed by atoms with E-state index >= 15 is 0 Å². The molecular weight excluding hydrogens is 416 g/mol. The molecule has 144 valence electrons. The third-order valence-electron chi connectivity index (χ3n) is 5.84. The lowest BCUT2D eigenvalue weighted by atomic mass is 10.0. The predicted molar refractivity (Wildman–Crippen MR) is 114 cm³/mol. The Morgan fingerprint density at radius 2 is 2.07 bits per heavy atom. The molecule has 0 spiro atoms. The fourth-order valence-electron chi connectivity index (χ4n) is 4.46. The summed E-state index contributed by atoms with van der Waals surface area (Å²) < 4.78 is 1.03. The summed E-state index contributed by atoms with van der Waals surface area (Å²) in [6, 6.07) is 8.09. The van der Waals surface area contributed by atoms with Gasteiger partial charge in [0.1, 0.15) is 0 Å². The molecule has 1 aromatic carbocycles. The van der Waals surface area contributed by atoms with E-state index < -0.39 is 0 Å². The van der Waals surface area contributed by atoms with Crippen LogP contribution in [0.4, 0.5) is 0 Å². The van der Waals surface area contributed by atoms with E-state index in [1.165, 1.54) is 5.70 Å². The fraction of sp³-hybridized carbons (Fsp3) is 0.364. The first-order chi connectivity index (χ1) is 13.7. The summed E-state index contributed by atoms with van der Waals surface area (Å²) in [4.78, 5) is 24.6. The summed E-state index contributed by atoms with van der Waals surface area (Å²) in [5.74, 6) is 1.47. The first-order valence-corrected chi connectivity index (χ1v) is 10.6. The third-order valence-corrected chi connectivity index (χ3v) is 6.61. The molecule has 0 aromatic heterocycles. The van der Waals surface area contributed by atoms with Gasteiger partial charge >= 0.3 is 0 Å². The second-order valence-corrected chi connectivity index (χ2v) is 8.57. The molecule has 6 heteroatoms. The summed E-state index contributed by atoms with van der Waals surface area (Å²) >= 11 is 3.61. The van der Waals surface area contributed by atoms with E-state index in [0.29, 0.717) is 12.5 Å². The van der Waals surface area contributed by atoms with Crippen molar-refractivity contribution in [3.05, 3.63) is 69.9 Å². The molecule has 1 aliphatic carbocycles. The van der Waals surface area contributed by atoms with Crippen molar-refractivity contribution in [1.29, 1.82) is 0 Å².